The van der Waals surface area contributed by atoms with Crippen molar-refractivity contribution >= 4 is 34.9 Å². The van der Waals surface area contributed by atoms with Gasteiger partial charge in [0.1, 0.15) is 11.4 Å². The van der Waals surface area contributed by atoms with E-state index in [1.54, 1.807) is 11.0 Å². The lowest BCUT2D eigenvalue weighted by atomic mass is 9.74. The van der Waals surface area contributed by atoms with Gasteiger partial charge in [-0.15, -0.1) is 0 Å². The summed E-state index contributed by atoms with van der Waals surface area (Å²) in [7, 11) is 2.86. The molecule has 1 atom stereocenters. The summed E-state index contributed by atoms with van der Waals surface area (Å²) < 4.78 is 35.8. The van der Waals surface area contributed by atoms with Gasteiger partial charge in [0.2, 0.25) is 5.95 Å². The van der Waals surface area contributed by atoms with Crippen LogP contribution in [-0.2, 0) is 14.3 Å². The number of allylic oxidation sites excluding steroid dienone is 2. The van der Waals surface area contributed by atoms with Crippen LogP contribution in [-0.4, -0.2) is 109 Å². The second-order valence-electron chi connectivity index (χ2n) is 16.1. The van der Waals surface area contributed by atoms with Crippen molar-refractivity contribution < 1.29 is 23.1 Å². The number of carbonyl (C=O) groups is 2. The standard InChI is InChI=1S/C38H54F2N8O3/c1-37(33(49)29(41)20-25-10-12-27(13-11-25)47-18-16-46(17-19-47)23-26-8-9-26)15-14-30(32(21-37)51-3)43-36-42-22-31-34(44-36)48(28-6-4-5-7-28)24-38(39,40)35(50)45(31)2/h14,21-22,25-28,41H,4-13,15-20,23-24H2,1-3H3,(H,42,43,44). The highest BCUT2D eigenvalue weighted by Crippen LogP contribution is 2.41. The van der Waals surface area contributed by atoms with Gasteiger partial charge >= 0.3 is 5.92 Å². The van der Waals surface area contributed by atoms with E-state index in [0.717, 1.165) is 75.3 Å². The second-order valence-corrected chi connectivity index (χ2v) is 16.1. The molecule has 1 saturated heterocycles. The number of rotatable bonds is 11. The highest BCUT2D eigenvalue weighted by molar-refractivity contribution is 6.41. The Morgan fingerprint density at radius 3 is 2.37 bits per heavy atom. The number of piperazine rings is 1. The zero-order valence-electron chi connectivity index (χ0n) is 30.4. The van der Waals surface area contributed by atoms with Crippen LogP contribution >= 0.6 is 0 Å². The lowest BCUT2D eigenvalue weighted by molar-refractivity contribution is -0.140. The molecule has 278 valence electrons. The molecule has 4 fully saturated rings. The van der Waals surface area contributed by atoms with Crippen LogP contribution in [0, 0.1) is 22.7 Å². The van der Waals surface area contributed by atoms with E-state index in [-0.39, 0.29) is 29.2 Å². The van der Waals surface area contributed by atoms with Gasteiger partial charge < -0.3 is 30.2 Å². The number of nitrogens with zero attached hydrogens (tertiary/aromatic N) is 6. The van der Waals surface area contributed by atoms with Gasteiger partial charge in [0.25, 0.3) is 5.91 Å². The lowest BCUT2D eigenvalue weighted by Gasteiger charge is -2.42. The third-order valence-corrected chi connectivity index (χ3v) is 12.3. The molecule has 7 rings (SSSR count). The zero-order chi connectivity index (χ0) is 35.9. The Morgan fingerprint density at radius 1 is 1.02 bits per heavy atom. The topological polar surface area (TPSA) is 118 Å². The molecule has 2 aliphatic heterocycles. The minimum atomic E-state index is -3.56. The molecule has 0 aromatic carbocycles. The number of ketones is 1. The van der Waals surface area contributed by atoms with E-state index < -0.39 is 23.8 Å². The molecule has 11 nitrogen and oxygen atoms in total. The number of amides is 1. The van der Waals surface area contributed by atoms with E-state index in [1.165, 1.54) is 52.8 Å². The number of ether oxygens (including phenoxy) is 1. The van der Waals surface area contributed by atoms with Crippen molar-refractivity contribution in [2.45, 2.75) is 102 Å². The highest BCUT2D eigenvalue weighted by Gasteiger charge is 2.49. The number of hydrogen-bond donors (Lipinski definition) is 2. The maximum Gasteiger partial charge on any atom is 0.342 e. The average molecular weight is 709 g/mol. The molecule has 2 N–H and O–H groups in total. The Labute approximate surface area is 300 Å². The van der Waals surface area contributed by atoms with Crippen molar-refractivity contribution in [3.8, 4) is 0 Å². The molecule has 1 aromatic rings. The van der Waals surface area contributed by atoms with Gasteiger partial charge in [0.05, 0.1) is 36.7 Å². The van der Waals surface area contributed by atoms with E-state index in [0.29, 0.717) is 42.1 Å². The molecular weight excluding hydrogens is 654 g/mol. The summed E-state index contributed by atoms with van der Waals surface area (Å²) >= 11 is 0. The zero-order valence-corrected chi connectivity index (χ0v) is 30.4. The molecule has 1 unspecified atom stereocenters. The summed E-state index contributed by atoms with van der Waals surface area (Å²) in [5.41, 5.74) is 0.0226. The van der Waals surface area contributed by atoms with E-state index in [9.17, 15) is 9.59 Å². The van der Waals surface area contributed by atoms with Crippen LogP contribution < -0.4 is 15.1 Å². The van der Waals surface area contributed by atoms with Crippen LogP contribution in [0.15, 0.2) is 29.8 Å². The van der Waals surface area contributed by atoms with Gasteiger partial charge in [0.15, 0.2) is 11.6 Å². The number of anilines is 3. The number of carbonyl (C=O) groups excluding carboxylic acids is 2. The number of hydrogen-bond acceptors (Lipinski definition) is 10. The first-order chi connectivity index (χ1) is 24.4. The van der Waals surface area contributed by atoms with Gasteiger partial charge in [-0.1, -0.05) is 18.9 Å². The van der Waals surface area contributed by atoms with Gasteiger partial charge in [0, 0.05) is 51.9 Å². The minimum Gasteiger partial charge on any atom is -0.495 e. The number of methoxy groups -OCH3 is 1. The molecule has 0 spiro atoms. The average Bonchev–Trinajstić information content (AvgIpc) is 3.79. The molecule has 6 aliphatic rings. The first-order valence-electron chi connectivity index (χ1n) is 19.1. The lowest BCUT2D eigenvalue weighted by Crippen LogP contribution is -2.51. The van der Waals surface area contributed by atoms with Crippen molar-refractivity contribution in [1.29, 1.82) is 5.41 Å². The van der Waals surface area contributed by atoms with Crippen LogP contribution in [0.2, 0.25) is 0 Å². The third-order valence-electron chi connectivity index (χ3n) is 12.3. The van der Waals surface area contributed by atoms with Crippen LogP contribution in [0.5, 0.6) is 0 Å². The van der Waals surface area contributed by atoms with Crippen molar-refractivity contribution in [3.05, 3.63) is 29.8 Å². The number of alkyl halides is 2. The third kappa shape index (κ3) is 7.70. The minimum absolute atomic E-state index is 0.144. The molecular formula is C38H54F2N8O3. The van der Waals surface area contributed by atoms with Crippen molar-refractivity contribution in [1.82, 2.24) is 19.8 Å². The van der Waals surface area contributed by atoms with E-state index in [1.807, 2.05) is 13.0 Å². The predicted octanol–water partition coefficient (Wildman–Crippen LogP) is 5.64. The molecule has 4 aliphatic carbocycles. The van der Waals surface area contributed by atoms with Crippen LogP contribution in [0.4, 0.5) is 26.2 Å². The summed E-state index contributed by atoms with van der Waals surface area (Å²) in [6, 6.07) is 0.474. The normalized spacial score (nSPS) is 29.2. The van der Waals surface area contributed by atoms with Gasteiger partial charge in [-0.25, -0.2) is 4.98 Å². The SMILES string of the molecule is COC1=CC(C)(C(=O)C(=N)CC2CCC(N3CCN(CC4CC4)CC3)CC2)CC=C1Nc1ncc2c(n1)N(C1CCCC1)CC(F)(F)C(=O)N2C. The van der Waals surface area contributed by atoms with E-state index >= 15 is 8.78 Å². The van der Waals surface area contributed by atoms with Crippen molar-refractivity contribution in [2.75, 3.05) is 68.5 Å². The number of halogens is 2. The molecule has 1 amide bonds. The maximum absolute atomic E-state index is 15.0. The van der Waals surface area contributed by atoms with E-state index in [4.69, 9.17) is 10.1 Å². The monoisotopic (exact) mass is 708 g/mol. The fourth-order valence-electron chi connectivity index (χ4n) is 8.92. The summed E-state index contributed by atoms with van der Waals surface area (Å²) in [6.07, 6.45) is 16.4. The van der Waals surface area contributed by atoms with Gasteiger partial charge in [-0.05, 0) is 89.0 Å². The first kappa shape index (κ1) is 35.9. The molecule has 1 aromatic heterocycles. The van der Waals surface area contributed by atoms with Gasteiger partial charge in [-0.3, -0.25) is 14.5 Å². The molecule has 3 heterocycles. The van der Waals surface area contributed by atoms with Crippen LogP contribution in [0.1, 0.15) is 84.0 Å². The number of nitrogens with one attached hydrogen (secondary N) is 2. The molecule has 0 bridgehead atoms. The number of fused-ring (bicyclic) bond motifs is 1. The molecule has 3 saturated carbocycles. The molecule has 0 radical (unpaired) electrons. The Balaban J connectivity index is 0.966. The quantitative estimate of drug-likeness (QED) is 0.282. The summed E-state index contributed by atoms with van der Waals surface area (Å²) in [5, 5.41) is 12.0. The van der Waals surface area contributed by atoms with Crippen molar-refractivity contribution in [2.24, 2.45) is 17.3 Å². The van der Waals surface area contributed by atoms with Crippen LogP contribution in [0.25, 0.3) is 0 Å². The summed E-state index contributed by atoms with van der Waals surface area (Å²) in [6.45, 7) is 7.06. The molecule has 13 heteroatoms. The Hall–Kier alpha value is -3.45. The van der Waals surface area contributed by atoms with E-state index in [2.05, 4.69) is 25.1 Å². The fourth-order valence-corrected chi connectivity index (χ4v) is 8.92. The fraction of sp³-hybridized carbons (Fsp3) is 0.711. The predicted molar refractivity (Wildman–Crippen MR) is 193 cm³/mol. The Morgan fingerprint density at radius 2 is 1.71 bits per heavy atom. The first-order valence-corrected chi connectivity index (χ1v) is 19.1. The number of Topliss-reactive ketones (excluding diaryl/α,β-unsaturated/α-hetero) is 1. The largest absolute Gasteiger partial charge is 0.495 e. The Bertz CT molecular complexity index is 1560. The smallest absolute Gasteiger partial charge is 0.342 e. The summed E-state index contributed by atoms with van der Waals surface area (Å²) in [4.78, 5) is 43.3. The van der Waals surface area contributed by atoms with Crippen LogP contribution in [0.3, 0.4) is 0 Å². The second kappa shape index (κ2) is 14.5. The maximum atomic E-state index is 15.0. The molecule has 51 heavy (non-hydrogen) atoms. The number of aromatic nitrogens is 2. The highest BCUT2D eigenvalue weighted by atomic mass is 19.3. The Kier molecular flexibility index (Phi) is 10.2. The summed E-state index contributed by atoms with van der Waals surface area (Å²) in [5.74, 6) is -2.84. The van der Waals surface area contributed by atoms with Gasteiger partial charge in [-0.2, -0.15) is 13.8 Å². The van der Waals surface area contributed by atoms with Crippen molar-refractivity contribution in [3.63, 3.8) is 0 Å².